The van der Waals surface area contributed by atoms with Crippen molar-refractivity contribution in [2.24, 2.45) is 0 Å². The van der Waals surface area contributed by atoms with Crippen LogP contribution in [-0.4, -0.2) is 49.1 Å². The maximum atomic E-state index is 13.2. The number of carbonyl (C=O) groups is 1. The maximum absolute atomic E-state index is 13.2. The molecule has 3 rings (SSSR count). The molecular weight excluding hydrogens is 356 g/mol. The number of methoxy groups -OCH3 is 1. The Morgan fingerprint density at radius 2 is 2.15 bits per heavy atom. The van der Waals surface area contributed by atoms with Gasteiger partial charge in [-0.2, -0.15) is 9.40 Å². The van der Waals surface area contributed by atoms with Gasteiger partial charge in [-0.25, -0.2) is 8.42 Å². The van der Waals surface area contributed by atoms with E-state index in [1.54, 1.807) is 42.2 Å². The highest BCUT2D eigenvalue weighted by molar-refractivity contribution is 7.89. The van der Waals surface area contributed by atoms with Gasteiger partial charge in [-0.15, -0.1) is 0 Å². The first-order valence-corrected chi connectivity index (χ1v) is 9.68. The fraction of sp³-hybridized carbons (Fsp3) is 0.412. The Kier molecular flexibility index (Phi) is 5.01. The lowest BCUT2D eigenvalue weighted by Gasteiger charge is -2.33. The third kappa shape index (κ3) is 3.32. The number of amides is 1. The summed E-state index contributed by atoms with van der Waals surface area (Å²) in [5.41, 5.74) is 1.66. The van der Waals surface area contributed by atoms with E-state index in [1.165, 1.54) is 11.4 Å². The van der Waals surface area contributed by atoms with Gasteiger partial charge in [-0.1, -0.05) is 6.07 Å². The molecule has 0 radical (unpaired) electrons. The Hall–Kier alpha value is -2.39. The van der Waals surface area contributed by atoms with Crippen LogP contribution in [0.5, 0.6) is 5.75 Å². The summed E-state index contributed by atoms with van der Waals surface area (Å²) in [6, 6.07) is 6.41. The standard InChI is InChI=1S/C17H22N4O4S/c1-12-4-5-16(15(8-12)25-3)26(23,24)20-10-13-6-7-19-21(13)14(11-20)9-17(22)18-2/h4-8,14H,9-11H2,1-3H3,(H,18,22). The largest absolute Gasteiger partial charge is 0.495 e. The quantitative estimate of drug-likeness (QED) is 0.840. The molecule has 9 heteroatoms. The fourth-order valence-corrected chi connectivity index (χ4v) is 4.72. The third-order valence-electron chi connectivity index (χ3n) is 4.49. The second kappa shape index (κ2) is 7.08. The fourth-order valence-electron chi connectivity index (χ4n) is 3.13. The zero-order valence-electron chi connectivity index (χ0n) is 15.0. The smallest absolute Gasteiger partial charge is 0.247 e. The lowest BCUT2D eigenvalue weighted by molar-refractivity contribution is -0.121. The van der Waals surface area contributed by atoms with E-state index >= 15 is 0 Å². The van der Waals surface area contributed by atoms with Crippen LogP contribution in [0.15, 0.2) is 35.4 Å². The molecule has 1 unspecified atom stereocenters. The van der Waals surface area contributed by atoms with E-state index in [-0.39, 0.29) is 36.4 Å². The summed E-state index contributed by atoms with van der Waals surface area (Å²) in [7, 11) is -0.774. The van der Waals surface area contributed by atoms with Crippen molar-refractivity contribution in [3.63, 3.8) is 0 Å². The summed E-state index contributed by atoms with van der Waals surface area (Å²) >= 11 is 0. The van der Waals surface area contributed by atoms with Crippen LogP contribution in [0, 0.1) is 6.92 Å². The molecule has 1 aliphatic heterocycles. The van der Waals surface area contributed by atoms with E-state index in [9.17, 15) is 13.2 Å². The van der Waals surface area contributed by atoms with Gasteiger partial charge in [0.2, 0.25) is 15.9 Å². The Morgan fingerprint density at radius 3 is 2.85 bits per heavy atom. The van der Waals surface area contributed by atoms with Crippen LogP contribution in [0.3, 0.4) is 0 Å². The highest BCUT2D eigenvalue weighted by Crippen LogP contribution is 2.32. The molecule has 1 atom stereocenters. The second-order valence-corrected chi connectivity index (χ2v) is 8.16. The lowest BCUT2D eigenvalue weighted by Crippen LogP contribution is -2.42. The molecule has 1 aliphatic rings. The SMILES string of the molecule is CNC(=O)CC1CN(S(=O)(=O)c2ccc(C)cc2OC)Cc2ccnn21. The van der Waals surface area contributed by atoms with Gasteiger partial charge in [0.1, 0.15) is 10.6 Å². The number of ether oxygens (including phenoxy) is 1. The van der Waals surface area contributed by atoms with Crippen molar-refractivity contribution < 1.29 is 17.9 Å². The van der Waals surface area contributed by atoms with Gasteiger partial charge >= 0.3 is 0 Å². The molecule has 0 aliphatic carbocycles. The molecule has 0 saturated heterocycles. The number of aryl methyl sites for hydroxylation is 1. The number of benzene rings is 1. The summed E-state index contributed by atoms with van der Waals surface area (Å²) < 4.78 is 34.8. The Labute approximate surface area is 152 Å². The van der Waals surface area contributed by atoms with Crippen LogP contribution >= 0.6 is 0 Å². The van der Waals surface area contributed by atoms with Crippen molar-refractivity contribution in [3.8, 4) is 5.75 Å². The number of aromatic nitrogens is 2. The molecule has 1 aromatic carbocycles. The number of hydrogen-bond acceptors (Lipinski definition) is 5. The van der Waals surface area contributed by atoms with Crippen molar-refractivity contribution in [1.82, 2.24) is 19.4 Å². The van der Waals surface area contributed by atoms with E-state index in [0.29, 0.717) is 5.75 Å². The molecular formula is C17H22N4O4S. The van der Waals surface area contributed by atoms with Gasteiger partial charge in [0.25, 0.3) is 0 Å². The molecule has 1 amide bonds. The van der Waals surface area contributed by atoms with Crippen LogP contribution in [0.25, 0.3) is 0 Å². The first-order chi connectivity index (χ1) is 12.4. The molecule has 8 nitrogen and oxygen atoms in total. The predicted molar refractivity (Wildman–Crippen MR) is 95.3 cm³/mol. The van der Waals surface area contributed by atoms with Gasteiger partial charge < -0.3 is 10.1 Å². The normalized spacial score (nSPS) is 17.6. The number of nitrogens with zero attached hydrogens (tertiary/aromatic N) is 3. The molecule has 140 valence electrons. The van der Waals surface area contributed by atoms with Crippen LogP contribution in [0.1, 0.15) is 23.7 Å². The van der Waals surface area contributed by atoms with Crippen LogP contribution in [-0.2, 0) is 21.4 Å². The van der Waals surface area contributed by atoms with Crippen molar-refractivity contribution >= 4 is 15.9 Å². The summed E-state index contributed by atoms with van der Waals surface area (Å²) in [6.45, 7) is 2.24. The maximum Gasteiger partial charge on any atom is 0.247 e. The monoisotopic (exact) mass is 378 g/mol. The molecule has 0 fully saturated rings. The molecule has 0 spiro atoms. The molecule has 2 aromatic rings. The predicted octanol–water partition coefficient (Wildman–Crippen LogP) is 1.08. The molecule has 1 aromatic heterocycles. The average Bonchev–Trinajstić information content (AvgIpc) is 3.10. The minimum atomic E-state index is -3.78. The molecule has 2 heterocycles. The number of sulfonamides is 1. The van der Waals surface area contributed by atoms with E-state index in [0.717, 1.165) is 11.3 Å². The molecule has 0 saturated carbocycles. The minimum Gasteiger partial charge on any atom is -0.495 e. The summed E-state index contributed by atoms with van der Waals surface area (Å²) in [6.07, 6.45) is 1.77. The van der Waals surface area contributed by atoms with Crippen LogP contribution < -0.4 is 10.1 Å². The number of carbonyl (C=O) groups excluding carboxylic acids is 1. The average molecular weight is 378 g/mol. The van der Waals surface area contributed by atoms with Crippen LogP contribution in [0.2, 0.25) is 0 Å². The first kappa shape index (κ1) is 18.4. The van der Waals surface area contributed by atoms with Gasteiger partial charge in [0.05, 0.1) is 31.8 Å². The molecule has 1 N–H and O–H groups in total. The van der Waals surface area contributed by atoms with E-state index < -0.39 is 10.0 Å². The minimum absolute atomic E-state index is 0.122. The Morgan fingerprint density at radius 1 is 1.38 bits per heavy atom. The number of fused-ring (bicyclic) bond motifs is 1. The summed E-state index contributed by atoms with van der Waals surface area (Å²) in [4.78, 5) is 12.0. The molecule has 0 bridgehead atoms. The molecule has 26 heavy (non-hydrogen) atoms. The third-order valence-corrected chi connectivity index (χ3v) is 6.34. The summed E-state index contributed by atoms with van der Waals surface area (Å²) in [5, 5.41) is 6.83. The van der Waals surface area contributed by atoms with Gasteiger partial charge in [-0.3, -0.25) is 9.48 Å². The van der Waals surface area contributed by atoms with Crippen LogP contribution in [0.4, 0.5) is 0 Å². The van der Waals surface area contributed by atoms with Crippen molar-refractivity contribution in [2.45, 2.75) is 30.8 Å². The van der Waals surface area contributed by atoms with Crippen molar-refractivity contribution in [2.75, 3.05) is 20.7 Å². The first-order valence-electron chi connectivity index (χ1n) is 8.24. The van der Waals surface area contributed by atoms with Gasteiger partial charge in [0, 0.05) is 19.8 Å². The zero-order chi connectivity index (χ0) is 18.9. The van der Waals surface area contributed by atoms with Crippen molar-refractivity contribution in [1.29, 1.82) is 0 Å². The Balaban J connectivity index is 1.98. The second-order valence-electron chi connectivity index (χ2n) is 6.25. The summed E-state index contributed by atoms with van der Waals surface area (Å²) in [5.74, 6) is 0.149. The highest BCUT2D eigenvalue weighted by atomic mass is 32.2. The van der Waals surface area contributed by atoms with E-state index in [1.807, 2.05) is 6.92 Å². The Bertz CT molecular complexity index is 923. The highest BCUT2D eigenvalue weighted by Gasteiger charge is 2.35. The number of hydrogen-bond donors (Lipinski definition) is 1. The van der Waals surface area contributed by atoms with E-state index in [2.05, 4.69) is 10.4 Å². The van der Waals surface area contributed by atoms with Crippen molar-refractivity contribution in [3.05, 3.63) is 41.7 Å². The van der Waals surface area contributed by atoms with E-state index in [4.69, 9.17) is 4.74 Å². The lowest BCUT2D eigenvalue weighted by atomic mass is 10.1. The number of nitrogens with one attached hydrogen (secondary N) is 1. The topological polar surface area (TPSA) is 93.5 Å². The number of rotatable bonds is 5. The van der Waals surface area contributed by atoms with Gasteiger partial charge in [-0.05, 0) is 30.7 Å². The zero-order valence-corrected chi connectivity index (χ0v) is 15.8. The van der Waals surface area contributed by atoms with Gasteiger partial charge in [0.15, 0.2) is 0 Å².